The van der Waals surface area contributed by atoms with Crippen LogP contribution >= 0.6 is 24.2 Å². The van der Waals surface area contributed by atoms with Gasteiger partial charge < -0.3 is 0 Å². The molecule has 0 heterocycles. The van der Waals surface area contributed by atoms with E-state index in [0.717, 1.165) is 12.2 Å². The Morgan fingerprint density at radius 3 is 2.09 bits per heavy atom. The normalized spacial score (nSPS) is 10.0. The van der Waals surface area contributed by atoms with E-state index in [-0.39, 0.29) is 0 Å². The van der Waals surface area contributed by atoms with Gasteiger partial charge in [-0.05, 0) is 23.3 Å². The second-order valence-corrected chi connectivity index (χ2v) is 3.14. The SMILES string of the molecule is SCCc1ccc(CCl)cc1. The smallest absolute Gasteiger partial charge is 0.0474 e. The summed E-state index contributed by atoms with van der Waals surface area (Å²) in [6.07, 6.45) is 1.03. The summed E-state index contributed by atoms with van der Waals surface area (Å²) in [5.41, 5.74) is 2.50. The van der Waals surface area contributed by atoms with Gasteiger partial charge in [-0.3, -0.25) is 0 Å². The molecule has 0 N–H and O–H groups in total. The molecule has 0 aliphatic heterocycles. The Hall–Kier alpha value is -0.140. The molecule has 0 bridgehead atoms. The summed E-state index contributed by atoms with van der Waals surface area (Å²) in [6.45, 7) is 0. The number of rotatable bonds is 3. The van der Waals surface area contributed by atoms with E-state index in [2.05, 4.69) is 36.9 Å². The first kappa shape index (κ1) is 8.95. The van der Waals surface area contributed by atoms with Crippen LogP contribution in [-0.2, 0) is 12.3 Å². The average molecular weight is 187 g/mol. The predicted octanol–water partition coefficient (Wildman–Crippen LogP) is 2.90. The molecule has 2 heteroatoms. The topological polar surface area (TPSA) is 0 Å². The van der Waals surface area contributed by atoms with E-state index < -0.39 is 0 Å². The largest absolute Gasteiger partial charge is 0.179 e. The van der Waals surface area contributed by atoms with Crippen molar-refractivity contribution < 1.29 is 0 Å². The molecule has 0 spiro atoms. The van der Waals surface area contributed by atoms with Crippen LogP contribution < -0.4 is 0 Å². The van der Waals surface area contributed by atoms with Crippen molar-refractivity contribution >= 4 is 24.2 Å². The maximum absolute atomic E-state index is 5.64. The molecule has 0 radical (unpaired) electrons. The molecule has 60 valence electrons. The lowest BCUT2D eigenvalue weighted by atomic mass is 10.1. The van der Waals surface area contributed by atoms with Crippen LogP contribution in [0, 0.1) is 0 Å². The number of alkyl halides is 1. The quantitative estimate of drug-likeness (QED) is 0.545. The molecule has 0 aliphatic carbocycles. The van der Waals surface area contributed by atoms with E-state index in [9.17, 15) is 0 Å². The predicted molar refractivity (Wildman–Crippen MR) is 53.6 cm³/mol. The van der Waals surface area contributed by atoms with Crippen LogP contribution in [0.25, 0.3) is 0 Å². The van der Waals surface area contributed by atoms with E-state index in [4.69, 9.17) is 11.6 Å². The first-order valence-corrected chi connectivity index (χ1v) is 4.78. The molecule has 0 amide bonds. The van der Waals surface area contributed by atoms with Crippen LogP contribution in [0.2, 0.25) is 0 Å². The Morgan fingerprint density at radius 2 is 1.64 bits per heavy atom. The average Bonchev–Trinajstić information content (AvgIpc) is 2.07. The molecule has 0 saturated heterocycles. The van der Waals surface area contributed by atoms with Crippen LogP contribution in [0.5, 0.6) is 0 Å². The van der Waals surface area contributed by atoms with Crippen molar-refractivity contribution in [1.29, 1.82) is 0 Å². The van der Waals surface area contributed by atoms with Crippen molar-refractivity contribution in [3.05, 3.63) is 35.4 Å². The van der Waals surface area contributed by atoms with Gasteiger partial charge in [0.15, 0.2) is 0 Å². The second-order valence-electron chi connectivity index (χ2n) is 2.42. The number of thiol groups is 1. The fourth-order valence-corrected chi connectivity index (χ4v) is 1.36. The van der Waals surface area contributed by atoms with Crippen LogP contribution in [-0.4, -0.2) is 5.75 Å². The molecule has 1 aromatic rings. The molecule has 0 saturated carbocycles. The molecule has 0 aromatic heterocycles. The van der Waals surface area contributed by atoms with Gasteiger partial charge in [0, 0.05) is 5.88 Å². The van der Waals surface area contributed by atoms with Crippen molar-refractivity contribution in [2.24, 2.45) is 0 Å². The first-order valence-electron chi connectivity index (χ1n) is 3.61. The van der Waals surface area contributed by atoms with E-state index in [0.29, 0.717) is 5.88 Å². The second kappa shape index (κ2) is 4.68. The van der Waals surface area contributed by atoms with Gasteiger partial charge in [-0.2, -0.15) is 12.6 Å². The third kappa shape index (κ3) is 2.76. The zero-order valence-corrected chi connectivity index (χ0v) is 7.91. The number of benzene rings is 1. The van der Waals surface area contributed by atoms with Crippen molar-refractivity contribution in [2.45, 2.75) is 12.3 Å². The summed E-state index contributed by atoms with van der Waals surface area (Å²) in [5.74, 6) is 1.50. The minimum Gasteiger partial charge on any atom is -0.179 e. The number of aryl methyl sites for hydroxylation is 1. The van der Waals surface area contributed by atoms with Gasteiger partial charge in [-0.25, -0.2) is 0 Å². The fourth-order valence-electron chi connectivity index (χ4n) is 0.924. The van der Waals surface area contributed by atoms with Gasteiger partial charge in [-0.1, -0.05) is 24.3 Å². The van der Waals surface area contributed by atoms with Crippen molar-refractivity contribution in [2.75, 3.05) is 5.75 Å². The summed E-state index contributed by atoms with van der Waals surface area (Å²) in [7, 11) is 0. The number of hydrogen-bond donors (Lipinski definition) is 1. The Bertz CT molecular complexity index is 205. The van der Waals surface area contributed by atoms with E-state index in [1.807, 2.05) is 0 Å². The zero-order chi connectivity index (χ0) is 8.10. The number of hydrogen-bond acceptors (Lipinski definition) is 1. The molecular weight excluding hydrogens is 176 g/mol. The minimum absolute atomic E-state index is 0.598. The van der Waals surface area contributed by atoms with Gasteiger partial charge in [-0.15, -0.1) is 11.6 Å². The van der Waals surface area contributed by atoms with Crippen molar-refractivity contribution in [3.8, 4) is 0 Å². The maximum Gasteiger partial charge on any atom is 0.0474 e. The molecule has 1 aromatic carbocycles. The molecule has 0 atom stereocenters. The standard InChI is InChI=1S/C9H11ClS/c10-7-9-3-1-8(2-4-9)5-6-11/h1-4,11H,5-7H2. The Balaban J connectivity index is 2.66. The van der Waals surface area contributed by atoms with E-state index >= 15 is 0 Å². The molecule has 0 unspecified atom stereocenters. The third-order valence-electron chi connectivity index (χ3n) is 1.58. The van der Waals surface area contributed by atoms with Crippen LogP contribution in [0.15, 0.2) is 24.3 Å². The van der Waals surface area contributed by atoms with Crippen molar-refractivity contribution in [1.82, 2.24) is 0 Å². The summed E-state index contributed by atoms with van der Waals surface area (Å²) in [5, 5.41) is 0. The molecule has 0 nitrogen and oxygen atoms in total. The van der Waals surface area contributed by atoms with Crippen LogP contribution in [0.4, 0.5) is 0 Å². The van der Waals surface area contributed by atoms with E-state index in [1.165, 1.54) is 11.1 Å². The Morgan fingerprint density at radius 1 is 1.09 bits per heavy atom. The van der Waals surface area contributed by atoms with Gasteiger partial charge >= 0.3 is 0 Å². The highest BCUT2D eigenvalue weighted by molar-refractivity contribution is 7.80. The van der Waals surface area contributed by atoms with Gasteiger partial charge in [0.25, 0.3) is 0 Å². The summed E-state index contributed by atoms with van der Waals surface area (Å²) >= 11 is 9.80. The minimum atomic E-state index is 0.598. The van der Waals surface area contributed by atoms with E-state index in [1.54, 1.807) is 0 Å². The fraction of sp³-hybridized carbons (Fsp3) is 0.333. The highest BCUT2D eigenvalue weighted by Gasteiger charge is 1.91. The molecule has 1 rings (SSSR count). The van der Waals surface area contributed by atoms with Gasteiger partial charge in [0.1, 0.15) is 0 Å². The van der Waals surface area contributed by atoms with Crippen molar-refractivity contribution in [3.63, 3.8) is 0 Å². The molecule has 11 heavy (non-hydrogen) atoms. The highest BCUT2D eigenvalue weighted by Crippen LogP contribution is 2.07. The molecular formula is C9H11ClS. The third-order valence-corrected chi connectivity index (χ3v) is 2.11. The molecule has 0 fully saturated rings. The summed E-state index contributed by atoms with van der Waals surface area (Å²) in [6, 6.07) is 8.33. The lowest BCUT2D eigenvalue weighted by Gasteiger charge is -1.98. The molecule has 0 aliphatic rings. The first-order chi connectivity index (χ1) is 5.36. The Kier molecular flexibility index (Phi) is 3.81. The number of halogens is 1. The van der Waals surface area contributed by atoms with Crippen LogP contribution in [0.3, 0.4) is 0 Å². The maximum atomic E-state index is 5.64. The monoisotopic (exact) mass is 186 g/mol. The summed E-state index contributed by atoms with van der Waals surface area (Å²) < 4.78 is 0. The lowest BCUT2D eigenvalue weighted by Crippen LogP contribution is -1.86. The zero-order valence-electron chi connectivity index (χ0n) is 6.26. The highest BCUT2D eigenvalue weighted by atomic mass is 35.5. The lowest BCUT2D eigenvalue weighted by molar-refractivity contribution is 1.15. The Labute approximate surface area is 78.0 Å². The van der Waals surface area contributed by atoms with Gasteiger partial charge in [0.2, 0.25) is 0 Å². The van der Waals surface area contributed by atoms with Crippen LogP contribution in [0.1, 0.15) is 11.1 Å². The van der Waals surface area contributed by atoms with Gasteiger partial charge in [0.05, 0.1) is 0 Å². The summed E-state index contributed by atoms with van der Waals surface area (Å²) in [4.78, 5) is 0.